The lowest BCUT2D eigenvalue weighted by Gasteiger charge is -2.34. The summed E-state index contributed by atoms with van der Waals surface area (Å²) >= 11 is 0. The molecule has 11 nitrogen and oxygen atoms in total. The zero-order chi connectivity index (χ0) is 27.7. The van der Waals surface area contributed by atoms with Gasteiger partial charge >= 0.3 is 0 Å². The molecule has 12 heteroatoms. The lowest BCUT2D eigenvalue weighted by Crippen LogP contribution is -2.37. The zero-order valence-electron chi connectivity index (χ0n) is 22.2. The van der Waals surface area contributed by atoms with Crippen molar-refractivity contribution in [2.24, 2.45) is 22.8 Å². The van der Waals surface area contributed by atoms with Crippen molar-refractivity contribution in [3.63, 3.8) is 0 Å². The topological polar surface area (TPSA) is 159 Å². The number of amides is 2. The lowest BCUT2D eigenvalue weighted by atomic mass is 9.89. The number of piperidine rings is 1. The number of nitrogens with two attached hydrogens (primary N) is 2. The van der Waals surface area contributed by atoms with Crippen LogP contribution in [0.5, 0.6) is 0 Å². The zero-order valence-corrected chi connectivity index (χ0v) is 22.2. The van der Waals surface area contributed by atoms with Gasteiger partial charge in [0, 0.05) is 32.2 Å². The molecule has 1 atom stereocenters. The number of hydrogen-bond donors (Lipinski definition) is 4. The number of imidazole rings is 1. The molecular weight excluding hydrogens is 501 g/mol. The molecule has 4 heterocycles. The van der Waals surface area contributed by atoms with Crippen LogP contribution in [0.25, 0.3) is 11.4 Å². The Morgan fingerprint density at radius 1 is 1.21 bits per heavy atom. The molecule has 3 aromatic rings. The van der Waals surface area contributed by atoms with E-state index in [4.69, 9.17) is 11.5 Å². The van der Waals surface area contributed by atoms with Gasteiger partial charge in [0.2, 0.25) is 5.91 Å². The Kier molecular flexibility index (Phi) is 7.21. The fourth-order valence-corrected chi connectivity index (χ4v) is 5.29. The molecule has 39 heavy (non-hydrogen) atoms. The summed E-state index contributed by atoms with van der Waals surface area (Å²) in [6.07, 6.45) is 3.92. The summed E-state index contributed by atoms with van der Waals surface area (Å²) in [5.41, 5.74) is 12.6. The highest BCUT2D eigenvalue weighted by atomic mass is 19.1. The van der Waals surface area contributed by atoms with Crippen molar-refractivity contribution in [3.8, 4) is 11.4 Å². The second-order valence-corrected chi connectivity index (χ2v) is 10.7. The molecule has 0 unspecified atom stereocenters. The smallest absolute Gasteiger partial charge is 0.291 e. The summed E-state index contributed by atoms with van der Waals surface area (Å²) < 4.78 is 14.9. The number of primary amides is 1. The van der Waals surface area contributed by atoms with Crippen molar-refractivity contribution in [2.75, 3.05) is 47.8 Å². The van der Waals surface area contributed by atoms with Crippen LogP contribution in [0.4, 0.5) is 21.6 Å². The normalized spacial score (nSPS) is 19.9. The van der Waals surface area contributed by atoms with Crippen LogP contribution in [0.15, 0.2) is 30.5 Å². The largest absolute Gasteiger partial charge is 0.369 e. The number of halogens is 1. The summed E-state index contributed by atoms with van der Waals surface area (Å²) in [5.74, 6) is 0.496. The van der Waals surface area contributed by atoms with Crippen molar-refractivity contribution >= 4 is 29.0 Å². The summed E-state index contributed by atoms with van der Waals surface area (Å²) in [6.45, 7) is 6.70. The lowest BCUT2D eigenvalue weighted by molar-refractivity contribution is -0.125. The summed E-state index contributed by atoms with van der Waals surface area (Å²) in [7, 11) is 0. The molecule has 2 fully saturated rings. The van der Waals surface area contributed by atoms with Gasteiger partial charge in [0.25, 0.3) is 5.91 Å². The maximum absolute atomic E-state index is 14.9. The van der Waals surface area contributed by atoms with Crippen molar-refractivity contribution in [1.29, 1.82) is 0 Å². The molecule has 0 radical (unpaired) electrons. The van der Waals surface area contributed by atoms with E-state index in [1.807, 2.05) is 16.7 Å². The number of benzene rings is 1. The van der Waals surface area contributed by atoms with Crippen LogP contribution in [-0.4, -0.2) is 64.5 Å². The molecule has 0 spiro atoms. The van der Waals surface area contributed by atoms with Crippen LogP contribution in [0.1, 0.15) is 42.6 Å². The van der Waals surface area contributed by atoms with Gasteiger partial charge in [-0.15, -0.1) is 0 Å². The molecule has 5 rings (SSSR count). The van der Waals surface area contributed by atoms with Crippen LogP contribution in [0.3, 0.4) is 0 Å². The van der Waals surface area contributed by atoms with Crippen LogP contribution in [0, 0.1) is 24.1 Å². The highest BCUT2D eigenvalue weighted by Gasteiger charge is 2.39. The molecule has 0 bridgehead atoms. The first kappa shape index (κ1) is 26.5. The average Bonchev–Trinajstić information content (AvgIpc) is 3.57. The van der Waals surface area contributed by atoms with E-state index in [1.54, 1.807) is 25.1 Å². The third-order valence-corrected chi connectivity index (χ3v) is 7.78. The minimum absolute atomic E-state index is 0.0716. The number of anilines is 3. The highest BCUT2D eigenvalue weighted by molar-refractivity contribution is 6.04. The summed E-state index contributed by atoms with van der Waals surface area (Å²) in [4.78, 5) is 45.3. The maximum atomic E-state index is 14.9. The monoisotopic (exact) mass is 535 g/mol. The first-order chi connectivity index (χ1) is 18.7. The van der Waals surface area contributed by atoms with Gasteiger partial charge in [-0.2, -0.15) is 0 Å². The maximum Gasteiger partial charge on any atom is 0.291 e. The molecule has 2 saturated heterocycles. The number of nitrogens with one attached hydrogen (secondary N) is 2. The Bertz CT molecular complexity index is 1390. The quantitative estimate of drug-likeness (QED) is 0.359. The number of aryl methyl sites for hydroxylation is 1. The van der Waals surface area contributed by atoms with Crippen LogP contribution < -0.4 is 26.6 Å². The van der Waals surface area contributed by atoms with Crippen LogP contribution in [0.2, 0.25) is 0 Å². The van der Waals surface area contributed by atoms with E-state index in [-0.39, 0.29) is 11.7 Å². The summed E-state index contributed by atoms with van der Waals surface area (Å²) in [5, 5.41) is 2.82. The first-order valence-corrected chi connectivity index (χ1v) is 13.2. The Morgan fingerprint density at radius 3 is 2.67 bits per heavy atom. The van der Waals surface area contributed by atoms with Gasteiger partial charge in [0.05, 0.1) is 34.4 Å². The predicted molar refractivity (Wildman–Crippen MR) is 147 cm³/mol. The molecule has 6 N–H and O–H groups in total. The molecule has 2 aromatic heterocycles. The molecule has 2 aliphatic heterocycles. The number of H-pyrrole nitrogens is 1. The van der Waals surface area contributed by atoms with Gasteiger partial charge in [0.15, 0.2) is 5.82 Å². The van der Waals surface area contributed by atoms with E-state index in [1.165, 1.54) is 12.3 Å². The molecule has 0 aliphatic carbocycles. The van der Waals surface area contributed by atoms with Gasteiger partial charge in [0.1, 0.15) is 17.5 Å². The third-order valence-electron chi connectivity index (χ3n) is 7.78. The predicted octanol–water partition coefficient (Wildman–Crippen LogP) is 2.44. The van der Waals surface area contributed by atoms with Crippen LogP contribution in [-0.2, 0) is 4.79 Å². The first-order valence-electron chi connectivity index (χ1n) is 13.2. The van der Waals surface area contributed by atoms with Gasteiger partial charge in [-0.05, 0) is 57.7 Å². The number of aromatic amines is 1. The van der Waals surface area contributed by atoms with Gasteiger partial charge in [-0.3, -0.25) is 9.59 Å². The van der Waals surface area contributed by atoms with E-state index >= 15 is 0 Å². The Hall–Kier alpha value is -4.06. The number of nitrogens with zero attached hydrogens (tertiary/aromatic N) is 5. The van der Waals surface area contributed by atoms with E-state index in [9.17, 15) is 14.0 Å². The van der Waals surface area contributed by atoms with Crippen molar-refractivity contribution < 1.29 is 14.0 Å². The van der Waals surface area contributed by atoms with Crippen molar-refractivity contribution in [3.05, 3.63) is 47.9 Å². The van der Waals surface area contributed by atoms with E-state index in [0.717, 1.165) is 12.8 Å². The van der Waals surface area contributed by atoms with Crippen molar-refractivity contribution in [2.45, 2.75) is 33.1 Å². The fraction of sp³-hybridized carbons (Fsp3) is 0.444. The molecule has 1 aromatic carbocycles. The van der Waals surface area contributed by atoms with Gasteiger partial charge in [-0.25, -0.2) is 19.3 Å². The number of rotatable bonds is 7. The highest BCUT2D eigenvalue weighted by Crippen LogP contribution is 2.34. The Balaban J connectivity index is 1.34. The minimum atomic E-state index is -0.617. The molecule has 2 aliphatic rings. The van der Waals surface area contributed by atoms with Gasteiger partial charge < -0.3 is 31.6 Å². The summed E-state index contributed by atoms with van der Waals surface area (Å²) in [6, 6.07) is 6.45. The van der Waals surface area contributed by atoms with E-state index in [0.29, 0.717) is 79.5 Å². The average molecular weight is 536 g/mol. The SMILES string of the molecule is Cc1nc(-c2cnc(C(=O)Nc3cccc(F)c3N3CCC(CN)CC3)[nH]2)cc(N2CC[C@@](C)(C(N)=O)C2)n1. The Labute approximate surface area is 226 Å². The number of aromatic nitrogens is 4. The van der Waals surface area contributed by atoms with E-state index < -0.39 is 17.1 Å². The molecule has 2 amide bonds. The number of carbonyl (C=O) groups is 2. The second-order valence-electron chi connectivity index (χ2n) is 10.7. The Morgan fingerprint density at radius 2 is 1.97 bits per heavy atom. The standard InChI is InChI=1S/C27H34FN9O2/c1-16-32-20(12-22(33-16)37-11-8-27(2,15-37)26(30)39)21-14-31-24(34-21)25(38)35-19-5-3-4-18(28)23(19)36-9-6-17(13-29)7-10-36/h3-5,12,14,17H,6-11,13,15,29H2,1-2H3,(H2,30,39)(H,31,34)(H,35,38)/t27-/m1/s1. The van der Waals surface area contributed by atoms with E-state index in [2.05, 4.69) is 25.3 Å². The number of para-hydroxylation sites is 1. The molecule has 0 saturated carbocycles. The van der Waals surface area contributed by atoms with Crippen molar-refractivity contribution in [1.82, 2.24) is 19.9 Å². The molecular formula is C27H34FN9O2. The third kappa shape index (κ3) is 5.42. The van der Waals surface area contributed by atoms with Crippen LogP contribution >= 0.6 is 0 Å². The molecule has 206 valence electrons. The fourth-order valence-electron chi connectivity index (χ4n) is 5.29. The number of carbonyl (C=O) groups excluding carboxylic acids is 2. The van der Waals surface area contributed by atoms with Gasteiger partial charge in [-0.1, -0.05) is 6.07 Å². The minimum Gasteiger partial charge on any atom is -0.369 e. The second kappa shape index (κ2) is 10.6. The number of hydrogen-bond acceptors (Lipinski definition) is 8.